The molecule has 2 heterocycles. The molecule has 0 aromatic carbocycles. The van der Waals surface area contributed by atoms with Crippen LogP contribution in [-0.4, -0.2) is 43.0 Å². The van der Waals surface area contributed by atoms with Crippen LogP contribution in [0.4, 0.5) is 0 Å². The second-order valence-electron chi connectivity index (χ2n) is 7.48. The summed E-state index contributed by atoms with van der Waals surface area (Å²) in [6, 6.07) is 0. The van der Waals surface area contributed by atoms with Gasteiger partial charge in [-0.15, -0.1) is 0 Å². The predicted molar refractivity (Wildman–Crippen MR) is 75.0 cm³/mol. The maximum atomic E-state index is 6.76. The van der Waals surface area contributed by atoms with Crippen molar-refractivity contribution in [1.29, 1.82) is 0 Å². The third-order valence-corrected chi connectivity index (χ3v) is 6.34. The second kappa shape index (κ2) is 4.17. The van der Waals surface area contributed by atoms with E-state index in [9.17, 15) is 0 Å². The van der Waals surface area contributed by atoms with Crippen LogP contribution < -0.4 is 11.1 Å². The number of nitrogens with two attached hydrogens (primary N) is 1. The zero-order chi connectivity index (χ0) is 13.9. The molecule has 2 aliphatic heterocycles. The lowest BCUT2D eigenvalue weighted by Crippen LogP contribution is -2.79. The summed E-state index contributed by atoms with van der Waals surface area (Å²) in [4.78, 5) is 0. The van der Waals surface area contributed by atoms with Crippen molar-refractivity contribution in [3.05, 3.63) is 0 Å². The SMILES string of the molecule is CC1OCCC1(C)NCC1(N)C2CCOC2C1(C)C. The molecule has 1 aliphatic carbocycles. The van der Waals surface area contributed by atoms with Gasteiger partial charge in [-0.2, -0.15) is 0 Å². The molecule has 19 heavy (non-hydrogen) atoms. The zero-order valence-corrected chi connectivity index (χ0v) is 12.7. The Morgan fingerprint density at radius 1 is 1.21 bits per heavy atom. The lowest BCUT2D eigenvalue weighted by atomic mass is 9.48. The minimum absolute atomic E-state index is 0.0558. The van der Waals surface area contributed by atoms with Crippen molar-refractivity contribution in [3.63, 3.8) is 0 Å². The molecule has 0 spiro atoms. The number of nitrogens with one attached hydrogen (secondary N) is 1. The van der Waals surface area contributed by atoms with Gasteiger partial charge in [-0.25, -0.2) is 0 Å². The smallest absolute Gasteiger partial charge is 0.0726 e. The highest BCUT2D eigenvalue weighted by atomic mass is 16.5. The molecule has 0 bridgehead atoms. The highest BCUT2D eigenvalue weighted by Crippen LogP contribution is 2.57. The first-order valence-electron chi connectivity index (χ1n) is 7.58. The first kappa shape index (κ1) is 13.8. The van der Waals surface area contributed by atoms with E-state index in [1.807, 2.05) is 0 Å². The van der Waals surface area contributed by atoms with E-state index in [1.54, 1.807) is 0 Å². The molecule has 0 amide bonds. The van der Waals surface area contributed by atoms with Crippen molar-refractivity contribution < 1.29 is 9.47 Å². The fourth-order valence-corrected chi connectivity index (χ4v) is 4.25. The molecule has 1 saturated carbocycles. The summed E-state index contributed by atoms with van der Waals surface area (Å²) in [5.74, 6) is 0.510. The van der Waals surface area contributed by atoms with Gasteiger partial charge < -0.3 is 20.5 Å². The van der Waals surface area contributed by atoms with E-state index < -0.39 is 0 Å². The van der Waals surface area contributed by atoms with Gasteiger partial charge in [0.2, 0.25) is 0 Å². The highest BCUT2D eigenvalue weighted by molar-refractivity contribution is 5.22. The molecule has 5 unspecified atom stereocenters. The van der Waals surface area contributed by atoms with Gasteiger partial charge in [0.25, 0.3) is 0 Å². The number of rotatable bonds is 3. The van der Waals surface area contributed by atoms with Crippen LogP contribution >= 0.6 is 0 Å². The average Bonchev–Trinajstić information content (AvgIpc) is 2.94. The quantitative estimate of drug-likeness (QED) is 0.810. The summed E-state index contributed by atoms with van der Waals surface area (Å²) in [5.41, 5.74) is 6.73. The van der Waals surface area contributed by atoms with Gasteiger partial charge in [0.15, 0.2) is 0 Å². The maximum absolute atomic E-state index is 6.76. The minimum atomic E-state index is -0.153. The van der Waals surface area contributed by atoms with E-state index in [2.05, 4.69) is 33.0 Å². The van der Waals surface area contributed by atoms with Gasteiger partial charge in [0.1, 0.15) is 0 Å². The average molecular weight is 268 g/mol. The van der Waals surface area contributed by atoms with Gasteiger partial charge in [-0.3, -0.25) is 0 Å². The first-order valence-corrected chi connectivity index (χ1v) is 7.58. The third-order valence-electron chi connectivity index (χ3n) is 6.34. The summed E-state index contributed by atoms with van der Waals surface area (Å²) in [5, 5.41) is 3.71. The number of hydrogen-bond donors (Lipinski definition) is 2. The molecule has 4 nitrogen and oxygen atoms in total. The molecule has 4 heteroatoms. The van der Waals surface area contributed by atoms with E-state index >= 15 is 0 Å². The largest absolute Gasteiger partial charge is 0.377 e. The molecule has 110 valence electrons. The van der Waals surface area contributed by atoms with Crippen molar-refractivity contribution in [2.75, 3.05) is 19.8 Å². The second-order valence-corrected chi connectivity index (χ2v) is 7.48. The Kier molecular flexibility index (Phi) is 3.03. The normalized spacial score (nSPS) is 51.9. The van der Waals surface area contributed by atoms with E-state index in [-0.39, 0.29) is 22.6 Å². The first-order chi connectivity index (χ1) is 8.81. The molecule has 3 rings (SSSR count). The molecule has 0 aromatic heterocycles. The van der Waals surface area contributed by atoms with E-state index in [0.717, 1.165) is 32.6 Å². The van der Waals surface area contributed by atoms with Crippen LogP contribution in [0.15, 0.2) is 0 Å². The molecule has 3 N–H and O–H groups in total. The zero-order valence-electron chi connectivity index (χ0n) is 12.7. The van der Waals surface area contributed by atoms with Crippen molar-refractivity contribution in [1.82, 2.24) is 5.32 Å². The number of hydrogen-bond acceptors (Lipinski definition) is 4. The number of fused-ring (bicyclic) bond motifs is 1. The van der Waals surface area contributed by atoms with Crippen molar-refractivity contribution in [2.45, 2.75) is 63.8 Å². The van der Waals surface area contributed by atoms with E-state index in [1.165, 1.54) is 0 Å². The molecule has 0 aromatic rings. The molecule has 5 atom stereocenters. The molecular formula is C15H28N2O2. The minimum Gasteiger partial charge on any atom is -0.377 e. The number of ether oxygens (including phenoxy) is 2. The van der Waals surface area contributed by atoms with E-state index in [0.29, 0.717) is 12.0 Å². The summed E-state index contributed by atoms with van der Waals surface area (Å²) in [7, 11) is 0. The molecule has 2 saturated heterocycles. The van der Waals surface area contributed by atoms with Crippen molar-refractivity contribution in [2.24, 2.45) is 17.1 Å². The molecule has 3 aliphatic rings. The summed E-state index contributed by atoms with van der Waals surface area (Å²) in [6.07, 6.45) is 2.78. The Balaban J connectivity index is 1.69. The molecule has 3 fully saturated rings. The van der Waals surface area contributed by atoms with Crippen LogP contribution in [0.5, 0.6) is 0 Å². The summed E-state index contributed by atoms with van der Waals surface area (Å²) in [6.45, 7) is 11.5. The lowest BCUT2D eigenvalue weighted by molar-refractivity contribution is -0.155. The van der Waals surface area contributed by atoms with Crippen LogP contribution in [0, 0.1) is 11.3 Å². The van der Waals surface area contributed by atoms with Gasteiger partial charge in [-0.1, -0.05) is 13.8 Å². The van der Waals surface area contributed by atoms with Crippen LogP contribution in [0.25, 0.3) is 0 Å². The van der Waals surface area contributed by atoms with Crippen molar-refractivity contribution >= 4 is 0 Å². The van der Waals surface area contributed by atoms with Gasteiger partial charge in [-0.05, 0) is 26.7 Å². The van der Waals surface area contributed by atoms with Crippen molar-refractivity contribution in [3.8, 4) is 0 Å². The fraction of sp³-hybridized carbons (Fsp3) is 1.00. The monoisotopic (exact) mass is 268 g/mol. The van der Waals surface area contributed by atoms with Crippen LogP contribution in [-0.2, 0) is 9.47 Å². The van der Waals surface area contributed by atoms with Gasteiger partial charge in [0, 0.05) is 42.2 Å². The Labute approximate surface area is 116 Å². The highest BCUT2D eigenvalue weighted by Gasteiger charge is 2.67. The van der Waals surface area contributed by atoms with E-state index in [4.69, 9.17) is 15.2 Å². The molecular weight excluding hydrogens is 240 g/mol. The Morgan fingerprint density at radius 3 is 2.58 bits per heavy atom. The van der Waals surface area contributed by atoms with Gasteiger partial charge in [0.05, 0.1) is 12.2 Å². The van der Waals surface area contributed by atoms with Crippen LogP contribution in [0.3, 0.4) is 0 Å². The topological polar surface area (TPSA) is 56.5 Å². The Morgan fingerprint density at radius 2 is 1.95 bits per heavy atom. The van der Waals surface area contributed by atoms with Crippen LogP contribution in [0.1, 0.15) is 40.5 Å². The predicted octanol–water partition coefficient (Wildman–Crippen LogP) is 1.29. The molecule has 0 radical (unpaired) electrons. The van der Waals surface area contributed by atoms with Gasteiger partial charge >= 0.3 is 0 Å². The summed E-state index contributed by atoms with van der Waals surface area (Å²) >= 11 is 0. The summed E-state index contributed by atoms with van der Waals surface area (Å²) < 4.78 is 11.5. The Bertz CT molecular complexity index is 373. The van der Waals surface area contributed by atoms with Crippen LogP contribution in [0.2, 0.25) is 0 Å². The third kappa shape index (κ3) is 1.73. The fourth-order valence-electron chi connectivity index (χ4n) is 4.25. The maximum Gasteiger partial charge on any atom is 0.0726 e. The lowest BCUT2D eigenvalue weighted by Gasteiger charge is -2.63. The standard InChI is InChI=1S/C15H28N2O2/c1-10-14(4,6-8-18-10)17-9-15(16)11-5-7-19-12(11)13(15,2)3/h10-12,17H,5-9,16H2,1-4H3. The Hall–Kier alpha value is -0.160.